The second-order valence-corrected chi connectivity index (χ2v) is 6.83. The predicted octanol–water partition coefficient (Wildman–Crippen LogP) is 3.77. The molecule has 0 saturated carbocycles. The van der Waals surface area contributed by atoms with Crippen molar-refractivity contribution in [3.05, 3.63) is 57.6 Å². The number of benzene rings is 2. The number of carbonyl (C=O) groups is 1. The van der Waals surface area contributed by atoms with Crippen molar-refractivity contribution in [1.29, 1.82) is 0 Å². The molecule has 0 spiro atoms. The smallest absolute Gasteiger partial charge is 0.273 e. The first kappa shape index (κ1) is 19.6. The first-order valence-corrected chi connectivity index (χ1v) is 9.26. The molecule has 0 aliphatic heterocycles. The first-order valence-electron chi connectivity index (χ1n) is 7.89. The van der Waals surface area contributed by atoms with Gasteiger partial charge in [0.05, 0.1) is 29.5 Å². The van der Waals surface area contributed by atoms with Crippen molar-refractivity contribution in [2.24, 2.45) is 0 Å². The van der Waals surface area contributed by atoms with Crippen LogP contribution in [0.4, 0.5) is 11.4 Å². The number of nitrogens with zero attached hydrogens (tertiary/aromatic N) is 3. The molecular weight excluding hydrogens is 406 g/mol. The van der Waals surface area contributed by atoms with Crippen molar-refractivity contribution < 1.29 is 14.5 Å². The minimum Gasteiger partial charge on any atom is -0.494 e. The number of nitrogens with one attached hydrogen (secondary N) is 2. The molecule has 0 fully saturated rings. The molecule has 2 aromatic carbocycles. The normalized spacial score (nSPS) is 10.5. The van der Waals surface area contributed by atoms with Gasteiger partial charge < -0.3 is 10.1 Å². The highest BCUT2D eigenvalue weighted by Crippen LogP contribution is 2.29. The van der Waals surface area contributed by atoms with Gasteiger partial charge in [-0.15, -0.1) is 5.10 Å². The Morgan fingerprint density at radius 2 is 2.07 bits per heavy atom. The van der Waals surface area contributed by atoms with Gasteiger partial charge in [0.2, 0.25) is 11.1 Å². The Kier molecular flexibility index (Phi) is 6.12. The molecule has 3 aromatic rings. The van der Waals surface area contributed by atoms with E-state index in [2.05, 4.69) is 20.5 Å². The van der Waals surface area contributed by atoms with Gasteiger partial charge in [-0.05, 0) is 30.3 Å². The lowest BCUT2D eigenvalue weighted by atomic mass is 10.2. The van der Waals surface area contributed by atoms with Crippen LogP contribution in [0.1, 0.15) is 0 Å². The van der Waals surface area contributed by atoms with Gasteiger partial charge in [-0.1, -0.05) is 23.4 Å². The zero-order valence-corrected chi connectivity index (χ0v) is 16.1. The molecular formula is C17H14ClN5O4S. The van der Waals surface area contributed by atoms with Crippen LogP contribution in [0.3, 0.4) is 0 Å². The summed E-state index contributed by atoms with van der Waals surface area (Å²) >= 11 is 7.01. The van der Waals surface area contributed by atoms with Crippen LogP contribution in [0.5, 0.6) is 5.75 Å². The number of anilines is 1. The third kappa shape index (κ3) is 4.78. The largest absolute Gasteiger partial charge is 0.494 e. The average molecular weight is 420 g/mol. The summed E-state index contributed by atoms with van der Waals surface area (Å²) in [6, 6.07) is 11.1. The van der Waals surface area contributed by atoms with Gasteiger partial charge in [-0.25, -0.2) is 4.98 Å². The van der Waals surface area contributed by atoms with E-state index < -0.39 is 4.92 Å². The van der Waals surface area contributed by atoms with Crippen LogP contribution in [0.2, 0.25) is 5.02 Å². The Bertz CT molecular complexity index is 1010. The Morgan fingerprint density at radius 3 is 2.75 bits per heavy atom. The molecule has 9 nitrogen and oxygen atoms in total. The molecule has 144 valence electrons. The molecule has 28 heavy (non-hydrogen) atoms. The van der Waals surface area contributed by atoms with Gasteiger partial charge >= 0.3 is 0 Å². The SMILES string of the molecule is COc1cc([N+](=O)[O-])ccc1NC(=O)CSc1n[nH]c(-c2ccc(Cl)cc2)n1. The van der Waals surface area contributed by atoms with Gasteiger partial charge in [0.15, 0.2) is 5.82 Å². The number of non-ortho nitro benzene ring substituents is 1. The van der Waals surface area contributed by atoms with Gasteiger partial charge in [0, 0.05) is 16.7 Å². The van der Waals surface area contributed by atoms with E-state index >= 15 is 0 Å². The highest BCUT2D eigenvalue weighted by Gasteiger charge is 2.14. The number of thioether (sulfide) groups is 1. The van der Waals surface area contributed by atoms with Crippen molar-refractivity contribution >= 4 is 40.6 Å². The highest BCUT2D eigenvalue weighted by atomic mass is 35.5. The summed E-state index contributed by atoms with van der Waals surface area (Å²) in [7, 11) is 1.37. The maximum absolute atomic E-state index is 12.2. The molecule has 2 N–H and O–H groups in total. The maximum Gasteiger partial charge on any atom is 0.273 e. The van der Waals surface area contributed by atoms with Crippen molar-refractivity contribution in [3.8, 4) is 17.1 Å². The standard InChI is InChI=1S/C17H14ClN5O4S/c1-27-14-8-12(23(25)26)6-7-13(14)19-15(24)9-28-17-20-16(21-22-17)10-2-4-11(18)5-3-10/h2-8H,9H2,1H3,(H,19,24)(H,20,21,22). The quantitative estimate of drug-likeness (QED) is 0.339. The first-order chi connectivity index (χ1) is 13.5. The number of H-pyrrole nitrogens is 1. The van der Waals surface area contributed by atoms with Crippen LogP contribution < -0.4 is 10.1 Å². The molecule has 0 radical (unpaired) electrons. The van der Waals surface area contributed by atoms with Crippen LogP contribution in [-0.4, -0.2) is 38.9 Å². The van der Waals surface area contributed by atoms with Crippen molar-refractivity contribution in [1.82, 2.24) is 15.2 Å². The molecule has 0 atom stereocenters. The van der Waals surface area contributed by atoms with Crippen molar-refractivity contribution in [2.45, 2.75) is 5.16 Å². The summed E-state index contributed by atoms with van der Waals surface area (Å²) < 4.78 is 5.10. The Hall–Kier alpha value is -3.11. The lowest BCUT2D eigenvalue weighted by molar-refractivity contribution is -0.384. The summed E-state index contributed by atoms with van der Waals surface area (Å²) in [6.45, 7) is 0. The number of hydrogen-bond acceptors (Lipinski definition) is 7. The fourth-order valence-electron chi connectivity index (χ4n) is 2.26. The monoisotopic (exact) mass is 419 g/mol. The summed E-state index contributed by atoms with van der Waals surface area (Å²) in [6.07, 6.45) is 0. The lowest BCUT2D eigenvalue weighted by Crippen LogP contribution is -2.14. The number of rotatable bonds is 7. The molecule has 0 saturated heterocycles. The van der Waals surface area contributed by atoms with Crippen LogP contribution in [0, 0.1) is 10.1 Å². The van der Waals surface area contributed by atoms with E-state index in [1.165, 1.54) is 25.3 Å². The number of halogens is 1. The third-order valence-electron chi connectivity index (χ3n) is 3.58. The minimum absolute atomic E-state index is 0.0536. The van der Waals surface area contributed by atoms with E-state index in [9.17, 15) is 14.9 Å². The number of nitro groups is 1. The van der Waals surface area contributed by atoms with Gasteiger partial charge in [-0.2, -0.15) is 0 Å². The summed E-state index contributed by atoms with van der Waals surface area (Å²) in [5, 5.41) is 21.4. The van der Waals surface area contributed by atoms with Crippen molar-refractivity contribution in [3.63, 3.8) is 0 Å². The van der Waals surface area contributed by atoms with E-state index in [4.69, 9.17) is 16.3 Å². The Balaban J connectivity index is 1.60. The van der Waals surface area contributed by atoms with E-state index in [0.29, 0.717) is 21.7 Å². The molecule has 1 aromatic heterocycles. The predicted molar refractivity (Wildman–Crippen MR) is 106 cm³/mol. The number of nitro benzene ring substituents is 1. The second kappa shape index (κ2) is 8.72. The van der Waals surface area contributed by atoms with E-state index in [-0.39, 0.29) is 23.1 Å². The van der Waals surface area contributed by atoms with Crippen LogP contribution >= 0.6 is 23.4 Å². The molecule has 0 unspecified atom stereocenters. The van der Waals surface area contributed by atoms with E-state index in [1.807, 2.05) is 12.1 Å². The number of ether oxygens (including phenoxy) is 1. The second-order valence-electron chi connectivity index (χ2n) is 5.45. The highest BCUT2D eigenvalue weighted by molar-refractivity contribution is 7.99. The molecule has 3 rings (SSSR count). The molecule has 0 aliphatic rings. The third-order valence-corrected chi connectivity index (χ3v) is 4.68. The molecule has 0 bridgehead atoms. The number of aromatic nitrogens is 3. The fraction of sp³-hybridized carbons (Fsp3) is 0.118. The molecule has 1 heterocycles. The van der Waals surface area contributed by atoms with Crippen molar-refractivity contribution in [2.75, 3.05) is 18.2 Å². The van der Waals surface area contributed by atoms with E-state index in [0.717, 1.165) is 17.3 Å². The molecule has 11 heteroatoms. The van der Waals surface area contributed by atoms with Gasteiger partial charge in [0.1, 0.15) is 5.75 Å². The van der Waals surface area contributed by atoms with Crippen LogP contribution in [0.25, 0.3) is 11.4 Å². The Labute approximate surface area is 168 Å². The summed E-state index contributed by atoms with van der Waals surface area (Å²) in [5.74, 6) is 0.500. The minimum atomic E-state index is -0.536. The number of methoxy groups -OCH3 is 1. The average Bonchev–Trinajstić information content (AvgIpc) is 3.16. The summed E-state index contributed by atoms with van der Waals surface area (Å²) in [5.41, 5.74) is 1.04. The van der Waals surface area contributed by atoms with Crippen LogP contribution in [0.15, 0.2) is 47.6 Å². The van der Waals surface area contributed by atoms with Gasteiger partial charge in [-0.3, -0.25) is 20.0 Å². The zero-order chi connectivity index (χ0) is 20.1. The zero-order valence-electron chi connectivity index (χ0n) is 14.5. The van der Waals surface area contributed by atoms with Gasteiger partial charge in [0.25, 0.3) is 5.69 Å². The topological polar surface area (TPSA) is 123 Å². The lowest BCUT2D eigenvalue weighted by Gasteiger charge is -2.09. The Morgan fingerprint density at radius 1 is 1.32 bits per heavy atom. The van der Waals surface area contributed by atoms with Crippen LogP contribution in [-0.2, 0) is 4.79 Å². The number of carbonyl (C=O) groups excluding carboxylic acids is 1. The number of hydrogen-bond donors (Lipinski definition) is 2. The van der Waals surface area contributed by atoms with E-state index in [1.54, 1.807) is 12.1 Å². The molecule has 0 aliphatic carbocycles. The fourth-order valence-corrected chi connectivity index (χ4v) is 2.99. The molecule has 1 amide bonds. The number of amides is 1. The number of aromatic amines is 1. The summed E-state index contributed by atoms with van der Waals surface area (Å²) in [4.78, 5) is 26.8. The maximum atomic E-state index is 12.2.